The van der Waals surface area contributed by atoms with Crippen molar-refractivity contribution in [2.45, 2.75) is 43.4 Å². The number of nitrogens with zero attached hydrogens (tertiary/aromatic N) is 1. The van der Waals surface area contributed by atoms with E-state index in [1.165, 1.54) is 12.8 Å². The van der Waals surface area contributed by atoms with Crippen LogP contribution in [0, 0.1) is 5.41 Å². The maximum atomic E-state index is 10.9. The zero-order valence-corrected chi connectivity index (χ0v) is 9.95. The molecule has 2 atom stereocenters. The molecular formula is C12H22N2O2. The van der Waals surface area contributed by atoms with Gasteiger partial charge in [0.1, 0.15) is 0 Å². The zero-order chi connectivity index (χ0) is 11.4. The van der Waals surface area contributed by atoms with Gasteiger partial charge in [-0.1, -0.05) is 0 Å². The fourth-order valence-corrected chi connectivity index (χ4v) is 3.89. The van der Waals surface area contributed by atoms with E-state index < -0.39 is 5.60 Å². The lowest BCUT2D eigenvalue weighted by Crippen LogP contribution is -2.71. The number of hydrogen-bond donors (Lipinski definition) is 3. The van der Waals surface area contributed by atoms with E-state index >= 15 is 0 Å². The molecule has 0 aliphatic carbocycles. The Labute approximate surface area is 96.6 Å². The minimum absolute atomic E-state index is 0.111. The maximum absolute atomic E-state index is 10.9. The first-order valence-corrected chi connectivity index (χ1v) is 6.36. The van der Waals surface area contributed by atoms with Crippen LogP contribution in [0.1, 0.15) is 25.7 Å². The molecule has 3 aliphatic heterocycles. The van der Waals surface area contributed by atoms with Crippen molar-refractivity contribution >= 4 is 0 Å². The van der Waals surface area contributed by atoms with Crippen LogP contribution in [0.2, 0.25) is 0 Å². The molecule has 0 amide bonds. The first-order chi connectivity index (χ1) is 7.60. The quantitative estimate of drug-likeness (QED) is 0.597. The van der Waals surface area contributed by atoms with Crippen molar-refractivity contribution in [3.8, 4) is 0 Å². The Kier molecular flexibility index (Phi) is 2.34. The van der Waals surface area contributed by atoms with Gasteiger partial charge in [0.05, 0.1) is 12.2 Å². The Balaban J connectivity index is 1.84. The van der Waals surface area contributed by atoms with Crippen LogP contribution in [0.25, 0.3) is 0 Å². The highest BCUT2D eigenvalue weighted by Gasteiger charge is 2.59. The first-order valence-electron chi connectivity index (χ1n) is 6.36. The number of nitrogens with one attached hydrogen (secondary N) is 1. The normalized spacial score (nSPS) is 46.7. The molecule has 16 heavy (non-hydrogen) atoms. The van der Waals surface area contributed by atoms with Gasteiger partial charge in [0.15, 0.2) is 0 Å². The second kappa shape index (κ2) is 3.42. The van der Waals surface area contributed by atoms with Gasteiger partial charge in [-0.3, -0.25) is 0 Å². The van der Waals surface area contributed by atoms with Gasteiger partial charge in [0.2, 0.25) is 0 Å². The number of fused-ring (bicyclic) bond motifs is 2. The molecule has 0 saturated carbocycles. The average Bonchev–Trinajstić information content (AvgIpc) is 2.44. The van der Waals surface area contributed by atoms with Crippen molar-refractivity contribution in [2.24, 2.45) is 5.41 Å². The van der Waals surface area contributed by atoms with E-state index in [9.17, 15) is 10.2 Å². The second-order valence-electron chi connectivity index (χ2n) is 6.03. The summed E-state index contributed by atoms with van der Waals surface area (Å²) in [6, 6.07) is 1.04. The van der Waals surface area contributed by atoms with Gasteiger partial charge in [-0.2, -0.15) is 0 Å². The molecule has 0 radical (unpaired) electrons. The highest BCUT2D eigenvalue weighted by Crippen LogP contribution is 2.49. The molecule has 92 valence electrons. The number of hydrogen-bond acceptors (Lipinski definition) is 4. The van der Waals surface area contributed by atoms with Crippen molar-refractivity contribution in [3.63, 3.8) is 0 Å². The Hall–Kier alpha value is -0.160. The molecule has 4 heteroatoms. The maximum Gasteiger partial charge on any atom is 0.0779 e. The highest BCUT2D eigenvalue weighted by atomic mass is 16.3. The zero-order valence-electron chi connectivity index (χ0n) is 9.95. The molecule has 0 aromatic rings. The molecule has 0 aromatic heterocycles. The number of rotatable bonds is 2. The largest absolute Gasteiger partial charge is 0.396 e. The minimum Gasteiger partial charge on any atom is -0.396 e. The fourth-order valence-electron chi connectivity index (χ4n) is 3.89. The molecule has 0 aromatic carbocycles. The Morgan fingerprint density at radius 2 is 1.81 bits per heavy atom. The average molecular weight is 226 g/mol. The van der Waals surface area contributed by atoms with E-state index in [1.807, 2.05) is 0 Å². The van der Waals surface area contributed by atoms with Crippen molar-refractivity contribution in [1.82, 2.24) is 10.2 Å². The Bertz CT molecular complexity index is 271. The minimum atomic E-state index is -0.647. The van der Waals surface area contributed by atoms with Crippen LogP contribution in [0.3, 0.4) is 0 Å². The number of aliphatic hydroxyl groups excluding tert-OH is 1. The summed E-state index contributed by atoms with van der Waals surface area (Å²) in [7, 11) is 2.17. The lowest BCUT2D eigenvalue weighted by molar-refractivity contribution is -0.172. The highest BCUT2D eigenvalue weighted by molar-refractivity contribution is 5.13. The molecule has 3 heterocycles. The smallest absolute Gasteiger partial charge is 0.0779 e. The molecule has 2 unspecified atom stereocenters. The van der Waals surface area contributed by atoms with Crippen LogP contribution in [0.15, 0.2) is 0 Å². The molecule has 3 rings (SSSR count). The van der Waals surface area contributed by atoms with Crippen molar-refractivity contribution in [2.75, 3.05) is 26.7 Å². The number of aliphatic hydroxyl groups is 2. The molecular weight excluding hydrogens is 204 g/mol. The van der Waals surface area contributed by atoms with Gasteiger partial charge in [-0.25, -0.2) is 0 Å². The van der Waals surface area contributed by atoms with Gasteiger partial charge < -0.3 is 20.4 Å². The van der Waals surface area contributed by atoms with Crippen LogP contribution in [0.5, 0.6) is 0 Å². The third-order valence-corrected chi connectivity index (χ3v) is 5.35. The van der Waals surface area contributed by atoms with Gasteiger partial charge in [-0.15, -0.1) is 0 Å². The Morgan fingerprint density at radius 1 is 1.25 bits per heavy atom. The van der Waals surface area contributed by atoms with Crippen LogP contribution >= 0.6 is 0 Å². The lowest BCUT2D eigenvalue weighted by Gasteiger charge is -2.56. The monoisotopic (exact) mass is 226 g/mol. The summed E-state index contributed by atoms with van der Waals surface area (Å²) in [5.74, 6) is 0. The summed E-state index contributed by atoms with van der Waals surface area (Å²) >= 11 is 0. The summed E-state index contributed by atoms with van der Waals surface area (Å²) in [5, 5.41) is 23.7. The topological polar surface area (TPSA) is 55.7 Å². The van der Waals surface area contributed by atoms with E-state index in [-0.39, 0.29) is 12.0 Å². The first kappa shape index (κ1) is 11.0. The fraction of sp³-hybridized carbons (Fsp3) is 1.00. The SMILES string of the molecule is CN1C2CCC1CC(O)(C1(CO)CNC1)C2. The number of piperidine rings is 1. The molecule has 3 aliphatic rings. The summed E-state index contributed by atoms with van der Waals surface area (Å²) in [6.07, 6.45) is 4.08. The summed E-state index contributed by atoms with van der Waals surface area (Å²) < 4.78 is 0. The standard InChI is InChI=1S/C12H22N2O2/c1-14-9-2-3-10(14)5-12(16,4-9)11(8-15)6-13-7-11/h9-10,13,15-16H,2-8H2,1H3. The second-order valence-corrected chi connectivity index (χ2v) is 6.03. The van der Waals surface area contributed by atoms with E-state index in [1.54, 1.807) is 0 Å². The van der Waals surface area contributed by atoms with Crippen LogP contribution in [-0.2, 0) is 0 Å². The lowest BCUT2D eigenvalue weighted by atomic mass is 9.62. The van der Waals surface area contributed by atoms with Gasteiger partial charge >= 0.3 is 0 Å². The third-order valence-electron chi connectivity index (χ3n) is 5.35. The van der Waals surface area contributed by atoms with Crippen molar-refractivity contribution in [1.29, 1.82) is 0 Å². The summed E-state index contributed by atoms with van der Waals surface area (Å²) in [6.45, 7) is 1.64. The summed E-state index contributed by atoms with van der Waals surface area (Å²) in [5.41, 5.74) is -0.916. The third kappa shape index (κ3) is 1.24. The van der Waals surface area contributed by atoms with Crippen LogP contribution in [-0.4, -0.2) is 59.5 Å². The van der Waals surface area contributed by atoms with Crippen LogP contribution < -0.4 is 5.32 Å². The molecule has 3 N–H and O–H groups in total. The predicted molar refractivity (Wildman–Crippen MR) is 61.1 cm³/mol. The predicted octanol–water partition coefficient (Wildman–Crippen LogP) is -0.444. The van der Waals surface area contributed by atoms with Crippen molar-refractivity contribution in [3.05, 3.63) is 0 Å². The van der Waals surface area contributed by atoms with E-state index in [0.29, 0.717) is 12.1 Å². The van der Waals surface area contributed by atoms with E-state index in [2.05, 4.69) is 17.3 Å². The molecule has 3 fully saturated rings. The van der Waals surface area contributed by atoms with Gasteiger partial charge in [0, 0.05) is 30.6 Å². The molecule has 4 nitrogen and oxygen atoms in total. The summed E-state index contributed by atoms with van der Waals surface area (Å²) in [4.78, 5) is 2.42. The molecule has 2 bridgehead atoms. The molecule has 0 spiro atoms. The Morgan fingerprint density at radius 3 is 2.19 bits per heavy atom. The van der Waals surface area contributed by atoms with E-state index in [4.69, 9.17) is 0 Å². The van der Waals surface area contributed by atoms with Gasteiger partial charge in [-0.05, 0) is 32.7 Å². The van der Waals surface area contributed by atoms with Crippen molar-refractivity contribution < 1.29 is 10.2 Å². The van der Waals surface area contributed by atoms with Crippen LogP contribution in [0.4, 0.5) is 0 Å². The van der Waals surface area contributed by atoms with E-state index in [0.717, 1.165) is 25.9 Å². The van der Waals surface area contributed by atoms with Gasteiger partial charge in [0.25, 0.3) is 0 Å². The molecule has 3 saturated heterocycles.